The number of hydrogen-bond acceptors (Lipinski definition) is 4. The highest BCUT2D eigenvalue weighted by molar-refractivity contribution is 5.89. The van der Waals surface area contributed by atoms with Gasteiger partial charge >= 0.3 is 5.69 Å². The van der Waals surface area contributed by atoms with Crippen LogP contribution in [-0.2, 0) is 13.6 Å². The molecule has 7 nitrogen and oxygen atoms in total. The molecule has 0 aliphatic rings. The zero-order valence-electron chi connectivity index (χ0n) is 11.1. The fourth-order valence-electron chi connectivity index (χ4n) is 2.15. The normalized spacial score (nSPS) is 11.1. The molecule has 0 saturated carbocycles. The molecule has 0 saturated heterocycles. The minimum absolute atomic E-state index is 0.371. The molecule has 3 aromatic rings. The number of fused-ring (bicyclic) bond motifs is 1. The highest BCUT2D eigenvalue weighted by Crippen LogP contribution is 2.21. The molecule has 0 radical (unpaired) electrons. The molecule has 20 heavy (non-hydrogen) atoms. The maximum atomic E-state index is 12.3. The number of aromatic nitrogens is 5. The lowest BCUT2D eigenvalue weighted by atomic mass is 10.2. The number of H-pyrrole nitrogens is 1. The molecular formula is C13H13N5O2. The van der Waals surface area contributed by atoms with E-state index in [9.17, 15) is 9.59 Å². The van der Waals surface area contributed by atoms with Gasteiger partial charge in [-0.1, -0.05) is 6.07 Å². The van der Waals surface area contributed by atoms with Crippen molar-refractivity contribution in [1.82, 2.24) is 24.3 Å². The Balaban J connectivity index is 2.49. The number of pyridine rings is 1. The first-order valence-electron chi connectivity index (χ1n) is 6.24. The molecule has 0 unspecified atom stereocenters. The van der Waals surface area contributed by atoms with E-state index >= 15 is 0 Å². The van der Waals surface area contributed by atoms with Gasteiger partial charge in [-0.15, -0.1) is 0 Å². The number of hydrogen-bond donors (Lipinski definition) is 1. The van der Waals surface area contributed by atoms with Gasteiger partial charge in [-0.3, -0.25) is 19.3 Å². The van der Waals surface area contributed by atoms with Crippen LogP contribution in [0.5, 0.6) is 0 Å². The second kappa shape index (κ2) is 4.44. The Kier molecular flexibility index (Phi) is 2.74. The zero-order chi connectivity index (χ0) is 14.3. The first kappa shape index (κ1) is 12.3. The fourth-order valence-corrected chi connectivity index (χ4v) is 2.15. The minimum atomic E-state index is -0.454. The maximum Gasteiger partial charge on any atom is 0.329 e. The van der Waals surface area contributed by atoms with Gasteiger partial charge in [0, 0.05) is 19.8 Å². The van der Waals surface area contributed by atoms with Crippen molar-refractivity contribution in [2.75, 3.05) is 0 Å². The third-order valence-electron chi connectivity index (χ3n) is 3.21. The van der Waals surface area contributed by atoms with Gasteiger partial charge in [0.15, 0.2) is 0 Å². The van der Waals surface area contributed by atoms with Crippen LogP contribution in [0.25, 0.3) is 22.4 Å². The van der Waals surface area contributed by atoms with Crippen LogP contribution in [0.4, 0.5) is 0 Å². The van der Waals surface area contributed by atoms with E-state index in [2.05, 4.69) is 15.1 Å². The summed E-state index contributed by atoms with van der Waals surface area (Å²) in [6.07, 6.45) is 1.64. The molecule has 0 aromatic carbocycles. The van der Waals surface area contributed by atoms with E-state index in [-0.39, 0.29) is 5.56 Å². The lowest BCUT2D eigenvalue weighted by Crippen LogP contribution is -2.32. The zero-order valence-corrected chi connectivity index (χ0v) is 11.1. The monoisotopic (exact) mass is 271 g/mol. The summed E-state index contributed by atoms with van der Waals surface area (Å²) in [7, 11) is 1.44. The van der Waals surface area contributed by atoms with Crippen molar-refractivity contribution in [3.8, 4) is 11.4 Å². The standard InChI is InChI=1S/C13H13N5O2/c1-3-18-11-9(12(19)17(2)13(20)15-11)10(16-18)8-6-4-5-7-14-8/h4-7H,3H2,1-2H3,(H,15,20). The van der Waals surface area contributed by atoms with Crippen molar-refractivity contribution in [2.24, 2.45) is 7.05 Å². The van der Waals surface area contributed by atoms with Gasteiger partial charge in [-0.2, -0.15) is 5.10 Å². The Morgan fingerprint density at radius 3 is 2.75 bits per heavy atom. The van der Waals surface area contributed by atoms with Gasteiger partial charge in [0.2, 0.25) is 0 Å². The Bertz CT molecular complexity index is 889. The predicted molar refractivity (Wildman–Crippen MR) is 74.5 cm³/mol. The Morgan fingerprint density at radius 1 is 1.30 bits per heavy atom. The summed E-state index contributed by atoms with van der Waals surface area (Å²) in [5.41, 5.74) is 0.697. The molecule has 3 aromatic heterocycles. The third-order valence-corrected chi connectivity index (χ3v) is 3.21. The first-order chi connectivity index (χ1) is 9.63. The predicted octanol–water partition coefficient (Wildman–Crippen LogP) is 0.505. The molecule has 0 aliphatic carbocycles. The first-order valence-corrected chi connectivity index (χ1v) is 6.24. The molecular weight excluding hydrogens is 258 g/mol. The maximum absolute atomic E-state index is 12.3. The van der Waals surface area contributed by atoms with E-state index in [0.29, 0.717) is 29.0 Å². The summed E-state index contributed by atoms with van der Waals surface area (Å²) in [5.74, 6) is 0. The lowest BCUT2D eigenvalue weighted by molar-refractivity contribution is 0.672. The van der Waals surface area contributed by atoms with Gasteiger partial charge in [0.05, 0.1) is 5.69 Å². The number of aryl methyl sites for hydroxylation is 1. The molecule has 0 bridgehead atoms. The summed E-state index contributed by atoms with van der Waals surface area (Å²) in [4.78, 5) is 31.0. The van der Waals surface area contributed by atoms with Crippen LogP contribution in [0.2, 0.25) is 0 Å². The van der Waals surface area contributed by atoms with E-state index in [1.165, 1.54) is 7.05 Å². The molecule has 3 heterocycles. The second-order valence-corrected chi connectivity index (χ2v) is 4.40. The average Bonchev–Trinajstić information content (AvgIpc) is 2.84. The van der Waals surface area contributed by atoms with Crippen LogP contribution in [0.15, 0.2) is 34.0 Å². The molecule has 1 N–H and O–H groups in total. The quantitative estimate of drug-likeness (QED) is 0.735. The van der Waals surface area contributed by atoms with Crippen LogP contribution >= 0.6 is 0 Å². The SMILES string of the molecule is CCn1nc(-c2ccccn2)c2c(=O)n(C)c(=O)[nH]c21. The molecule has 0 fully saturated rings. The van der Waals surface area contributed by atoms with E-state index < -0.39 is 5.69 Å². The van der Waals surface area contributed by atoms with Crippen LogP contribution in [0.3, 0.4) is 0 Å². The van der Waals surface area contributed by atoms with Crippen molar-refractivity contribution < 1.29 is 0 Å². The molecule has 0 atom stereocenters. The minimum Gasteiger partial charge on any atom is -0.291 e. The van der Waals surface area contributed by atoms with Crippen molar-refractivity contribution in [2.45, 2.75) is 13.5 Å². The molecule has 0 amide bonds. The van der Waals surface area contributed by atoms with Crippen molar-refractivity contribution >= 4 is 11.0 Å². The summed E-state index contributed by atoms with van der Waals surface area (Å²) >= 11 is 0. The summed E-state index contributed by atoms with van der Waals surface area (Å²) in [6.45, 7) is 2.44. The Hall–Kier alpha value is -2.70. The fraction of sp³-hybridized carbons (Fsp3) is 0.231. The molecule has 0 spiro atoms. The van der Waals surface area contributed by atoms with E-state index in [1.54, 1.807) is 23.0 Å². The number of nitrogens with one attached hydrogen (secondary N) is 1. The van der Waals surface area contributed by atoms with Crippen LogP contribution in [0, 0.1) is 0 Å². The van der Waals surface area contributed by atoms with Crippen LogP contribution in [-0.4, -0.2) is 24.3 Å². The molecule has 0 aliphatic heterocycles. The Labute approximate surface area is 113 Å². The Morgan fingerprint density at radius 2 is 2.10 bits per heavy atom. The highest BCUT2D eigenvalue weighted by Gasteiger charge is 2.18. The number of nitrogens with zero attached hydrogens (tertiary/aromatic N) is 4. The van der Waals surface area contributed by atoms with Crippen molar-refractivity contribution in [1.29, 1.82) is 0 Å². The van der Waals surface area contributed by atoms with Gasteiger partial charge < -0.3 is 0 Å². The van der Waals surface area contributed by atoms with E-state index in [1.807, 2.05) is 13.0 Å². The molecule has 102 valence electrons. The van der Waals surface area contributed by atoms with Gasteiger partial charge in [-0.25, -0.2) is 9.48 Å². The summed E-state index contributed by atoms with van der Waals surface area (Å²) in [6, 6.07) is 5.41. The van der Waals surface area contributed by atoms with Gasteiger partial charge in [-0.05, 0) is 19.1 Å². The van der Waals surface area contributed by atoms with E-state index in [4.69, 9.17) is 0 Å². The molecule has 3 rings (SSSR count). The topological polar surface area (TPSA) is 85.6 Å². The second-order valence-electron chi connectivity index (χ2n) is 4.40. The van der Waals surface area contributed by atoms with Crippen molar-refractivity contribution in [3.05, 3.63) is 45.2 Å². The van der Waals surface area contributed by atoms with Crippen molar-refractivity contribution in [3.63, 3.8) is 0 Å². The molecule has 7 heteroatoms. The third kappa shape index (κ3) is 1.67. The largest absolute Gasteiger partial charge is 0.329 e. The average molecular weight is 271 g/mol. The number of rotatable bonds is 2. The van der Waals surface area contributed by atoms with Crippen LogP contribution < -0.4 is 11.2 Å². The van der Waals surface area contributed by atoms with E-state index in [0.717, 1.165) is 4.57 Å². The lowest BCUT2D eigenvalue weighted by Gasteiger charge is -1.99. The smallest absolute Gasteiger partial charge is 0.291 e. The number of aromatic amines is 1. The van der Waals surface area contributed by atoms with Crippen LogP contribution in [0.1, 0.15) is 6.92 Å². The summed E-state index contributed by atoms with van der Waals surface area (Å²) in [5, 5.41) is 4.77. The summed E-state index contributed by atoms with van der Waals surface area (Å²) < 4.78 is 2.64. The van der Waals surface area contributed by atoms with Gasteiger partial charge in [0.25, 0.3) is 5.56 Å². The highest BCUT2D eigenvalue weighted by atomic mass is 16.2. The van der Waals surface area contributed by atoms with Gasteiger partial charge in [0.1, 0.15) is 16.7 Å².